The third-order valence-corrected chi connectivity index (χ3v) is 4.89. The van der Waals surface area contributed by atoms with Gasteiger partial charge in [-0.2, -0.15) is 0 Å². The van der Waals surface area contributed by atoms with Crippen molar-refractivity contribution in [3.05, 3.63) is 0 Å². The fourth-order valence-electron chi connectivity index (χ4n) is 3.34. The Bertz CT molecular complexity index is 287. The van der Waals surface area contributed by atoms with Crippen molar-refractivity contribution >= 4 is 5.97 Å². The number of hydrogen-bond acceptors (Lipinski definition) is 3. The molecule has 0 aromatic heterocycles. The van der Waals surface area contributed by atoms with Gasteiger partial charge >= 0.3 is 5.97 Å². The van der Waals surface area contributed by atoms with E-state index in [9.17, 15) is 4.79 Å². The maximum absolute atomic E-state index is 12.3. The number of nitrogens with one attached hydrogen (secondary N) is 1. The second-order valence-electron chi connectivity index (χ2n) is 7.11. The lowest BCUT2D eigenvalue weighted by Crippen LogP contribution is -2.42. The third-order valence-electron chi connectivity index (χ3n) is 4.89. The molecule has 1 N–H and O–H groups in total. The lowest BCUT2D eigenvalue weighted by Gasteiger charge is -2.25. The first kappa shape index (κ1) is 20.5. The molecule has 1 saturated heterocycles. The van der Waals surface area contributed by atoms with Crippen molar-refractivity contribution in [1.29, 1.82) is 0 Å². The third kappa shape index (κ3) is 10.0. The van der Waals surface area contributed by atoms with Crippen LogP contribution in [0.1, 0.15) is 104 Å². The van der Waals surface area contributed by atoms with Crippen molar-refractivity contribution in [2.24, 2.45) is 0 Å². The van der Waals surface area contributed by atoms with E-state index in [1.807, 2.05) is 0 Å². The number of rotatable bonds is 13. The van der Waals surface area contributed by atoms with Gasteiger partial charge in [-0.25, -0.2) is 0 Å². The number of unbranched alkanes of at least 4 members (excludes halogenated alkanes) is 7. The van der Waals surface area contributed by atoms with Gasteiger partial charge in [0.05, 0.1) is 0 Å². The van der Waals surface area contributed by atoms with Gasteiger partial charge in [0.2, 0.25) is 0 Å². The smallest absolute Gasteiger partial charge is 0.323 e. The van der Waals surface area contributed by atoms with E-state index in [1.54, 1.807) is 0 Å². The van der Waals surface area contributed by atoms with Crippen LogP contribution in [0, 0.1) is 0 Å². The van der Waals surface area contributed by atoms with Crippen molar-refractivity contribution in [3.8, 4) is 0 Å². The predicted octanol–water partition coefficient (Wildman–Crippen LogP) is 5.37. The highest BCUT2D eigenvalue weighted by molar-refractivity contribution is 5.76. The molecule has 0 amide bonds. The van der Waals surface area contributed by atoms with Crippen LogP contribution in [0.15, 0.2) is 0 Å². The van der Waals surface area contributed by atoms with Crippen LogP contribution in [-0.2, 0) is 9.53 Å². The Morgan fingerprint density at radius 1 is 0.957 bits per heavy atom. The summed E-state index contributed by atoms with van der Waals surface area (Å²) in [5, 5.41) is 3.31. The minimum Gasteiger partial charge on any atom is -0.461 e. The molecule has 2 atom stereocenters. The molecular formula is C20H39NO2. The van der Waals surface area contributed by atoms with Gasteiger partial charge < -0.3 is 10.1 Å². The van der Waals surface area contributed by atoms with Crippen molar-refractivity contribution in [1.82, 2.24) is 5.32 Å². The molecule has 136 valence electrons. The van der Waals surface area contributed by atoms with E-state index in [0.717, 1.165) is 32.2 Å². The van der Waals surface area contributed by atoms with Crippen LogP contribution in [0.4, 0.5) is 0 Å². The van der Waals surface area contributed by atoms with Crippen molar-refractivity contribution in [3.63, 3.8) is 0 Å². The number of hydrogen-bond donors (Lipinski definition) is 1. The van der Waals surface area contributed by atoms with Gasteiger partial charge in [0.25, 0.3) is 0 Å². The quantitative estimate of drug-likeness (QED) is 0.365. The molecule has 1 aliphatic rings. The minimum absolute atomic E-state index is 0.00116. The Morgan fingerprint density at radius 3 is 2.13 bits per heavy atom. The van der Waals surface area contributed by atoms with Gasteiger partial charge in [-0.05, 0) is 45.1 Å². The molecule has 0 aliphatic carbocycles. The summed E-state index contributed by atoms with van der Waals surface area (Å²) in [7, 11) is 0. The first-order valence-electron chi connectivity index (χ1n) is 10.2. The number of carbonyl (C=O) groups excluding carboxylic acids is 1. The summed E-state index contributed by atoms with van der Waals surface area (Å²) >= 11 is 0. The highest BCUT2D eigenvalue weighted by atomic mass is 16.5. The molecule has 0 aromatic rings. The molecule has 1 heterocycles. The Hall–Kier alpha value is -0.570. The fraction of sp³-hybridized carbons (Fsp3) is 0.950. The highest BCUT2D eigenvalue weighted by Gasteiger charge is 2.24. The van der Waals surface area contributed by atoms with Gasteiger partial charge in [0.15, 0.2) is 0 Å². The zero-order valence-electron chi connectivity index (χ0n) is 15.6. The lowest BCUT2D eigenvalue weighted by atomic mass is 10.0. The zero-order valence-corrected chi connectivity index (χ0v) is 15.6. The Labute approximate surface area is 143 Å². The van der Waals surface area contributed by atoms with Crippen LogP contribution in [0.3, 0.4) is 0 Å². The Kier molecular flexibility index (Phi) is 12.3. The van der Waals surface area contributed by atoms with Gasteiger partial charge in [0, 0.05) is 0 Å². The largest absolute Gasteiger partial charge is 0.461 e. The maximum Gasteiger partial charge on any atom is 0.323 e. The summed E-state index contributed by atoms with van der Waals surface area (Å²) in [6.45, 7) is 5.44. The SMILES string of the molecule is CCCCCCCC(CCCCCC)OC(=O)C1CCCCN1. The molecule has 3 nitrogen and oxygen atoms in total. The van der Waals surface area contributed by atoms with E-state index >= 15 is 0 Å². The van der Waals surface area contributed by atoms with Gasteiger partial charge in [-0.3, -0.25) is 4.79 Å². The summed E-state index contributed by atoms with van der Waals surface area (Å²) < 4.78 is 5.88. The molecule has 1 fully saturated rings. The van der Waals surface area contributed by atoms with E-state index < -0.39 is 0 Å². The van der Waals surface area contributed by atoms with Crippen LogP contribution >= 0.6 is 0 Å². The van der Waals surface area contributed by atoms with Crippen molar-refractivity contribution < 1.29 is 9.53 Å². The molecule has 23 heavy (non-hydrogen) atoms. The van der Waals surface area contributed by atoms with E-state index in [4.69, 9.17) is 4.74 Å². The van der Waals surface area contributed by atoms with Crippen LogP contribution in [0.25, 0.3) is 0 Å². The Morgan fingerprint density at radius 2 is 1.57 bits per heavy atom. The Balaban J connectivity index is 2.30. The molecular weight excluding hydrogens is 286 g/mol. The highest BCUT2D eigenvalue weighted by Crippen LogP contribution is 2.18. The monoisotopic (exact) mass is 325 g/mol. The van der Waals surface area contributed by atoms with Crippen molar-refractivity contribution in [2.45, 2.75) is 116 Å². The average Bonchev–Trinajstić information content (AvgIpc) is 2.59. The number of piperidine rings is 1. The first-order chi connectivity index (χ1) is 11.3. The predicted molar refractivity (Wildman–Crippen MR) is 97.7 cm³/mol. The molecule has 0 aromatic carbocycles. The van der Waals surface area contributed by atoms with Crippen LogP contribution < -0.4 is 5.32 Å². The van der Waals surface area contributed by atoms with Gasteiger partial charge in [0.1, 0.15) is 12.1 Å². The van der Waals surface area contributed by atoms with Crippen LogP contribution in [0.2, 0.25) is 0 Å². The average molecular weight is 326 g/mol. The van der Waals surface area contributed by atoms with Crippen LogP contribution in [-0.4, -0.2) is 24.7 Å². The minimum atomic E-state index is -0.0537. The van der Waals surface area contributed by atoms with E-state index in [-0.39, 0.29) is 18.1 Å². The van der Waals surface area contributed by atoms with Crippen LogP contribution in [0.5, 0.6) is 0 Å². The van der Waals surface area contributed by atoms with E-state index in [0.29, 0.717) is 0 Å². The normalized spacial score (nSPS) is 19.5. The second-order valence-corrected chi connectivity index (χ2v) is 7.11. The summed E-state index contributed by atoms with van der Waals surface area (Å²) in [6, 6.07) is -0.0537. The summed E-state index contributed by atoms with van der Waals surface area (Å²) in [4.78, 5) is 12.3. The zero-order chi connectivity index (χ0) is 16.8. The topological polar surface area (TPSA) is 38.3 Å². The lowest BCUT2D eigenvalue weighted by molar-refractivity contribution is -0.153. The van der Waals surface area contributed by atoms with Gasteiger partial charge in [-0.1, -0.05) is 65.2 Å². The number of esters is 1. The van der Waals surface area contributed by atoms with Gasteiger partial charge in [-0.15, -0.1) is 0 Å². The fourth-order valence-corrected chi connectivity index (χ4v) is 3.34. The molecule has 1 rings (SSSR count). The number of carbonyl (C=O) groups is 1. The molecule has 0 radical (unpaired) electrons. The van der Waals surface area contributed by atoms with E-state index in [2.05, 4.69) is 19.2 Å². The van der Waals surface area contributed by atoms with Crippen molar-refractivity contribution in [2.75, 3.05) is 6.54 Å². The molecule has 3 heteroatoms. The summed E-state index contributed by atoms with van der Waals surface area (Å²) in [6.07, 6.45) is 16.9. The molecule has 2 unspecified atom stereocenters. The molecule has 1 aliphatic heterocycles. The molecule has 0 saturated carbocycles. The summed E-state index contributed by atoms with van der Waals surface area (Å²) in [5.41, 5.74) is 0. The molecule has 0 bridgehead atoms. The molecule has 0 spiro atoms. The number of ether oxygens (including phenoxy) is 1. The summed E-state index contributed by atoms with van der Waals surface area (Å²) in [5.74, 6) is -0.00116. The standard InChI is InChI=1S/C20H39NO2/c1-3-5-7-9-11-15-18(14-10-8-6-4-2)23-20(22)19-16-12-13-17-21-19/h18-19,21H,3-17H2,1-2H3. The van der Waals surface area contributed by atoms with E-state index in [1.165, 1.54) is 64.2 Å². The maximum atomic E-state index is 12.3. The first-order valence-corrected chi connectivity index (χ1v) is 10.2. The second kappa shape index (κ2) is 13.8.